The molecule has 2 atom stereocenters. The van der Waals surface area contributed by atoms with Gasteiger partial charge in [0.1, 0.15) is 0 Å². The topological polar surface area (TPSA) is 52.5 Å². The summed E-state index contributed by atoms with van der Waals surface area (Å²) in [7, 11) is 0. The van der Waals surface area contributed by atoms with Crippen LogP contribution in [0.2, 0.25) is 0 Å². The second-order valence-electron chi connectivity index (χ2n) is 5.83. The lowest BCUT2D eigenvalue weighted by Crippen LogP contribution is -2.43. The first kappa shape index (κ1) is 13.9. The first-order chi connectivity index (χ1) is 7.55. The SMILES string of the molecule is CC(C)(CCO)CNC1CCCCCC1O. The van der Waals surface area contributed by atoms with Crippen molar-refractivity contribution in [2.45, 2.75) is 64.5 Å². The van der Waals surface area contributed by atoms with Crippen LogP contribution in [-0.4, -0.2) is 35.5 Å². The Kier molecular flexibility index (Phi) is 5.73. The van der Waals surface area contributed by atoms with Crippen LogP contribution in [0.1, 0.15) is 52.4 Å². The molecule has 0 aromatic heterocycles. The van der Waals surface area contributed by atoms with Gasteiger partial charge in [-0.2, -0.15) is 0 Å². The van der Waals surface area contributed by atoms with E-state index in [0.717, 1.165) is 32.2 Å². The molecular weight excluding hydrogens is 202 g/mol. The molecule has 0 aliphatic heterocycles. The van der Waals surface area contributed by atoms with E-state index in [2.05, 4.69) is 19.2 Å². The van der Waals surface area contributed by atoms with Crippen molar-refractivity contribution < 1.29 is 10.2 Å². The third-order valence-electron chi connectivity index (χ3n) is 3.61. The van der Waals surface area contributed by atoms with Gasteiger partial charge in [0, 0.05) is 19.2 Å². The van der Waals surface area contributed by atoms with Crippen molar-refractivity contribution in [2.24, 2.45) is 5.41 Å². The summed E-state index contributed by atoms with van der Waals surface area (Å²) in [5.74, 6) is 0. The summed E-state index contributed by atoms with van der Waals surface area (Å²) in [6, 6.07) is 0.250. The van der Waals surface area contributed by atoms with E-state index in [1.807, 2.05) is 0 Å². The third-order valence-corrected chi connectivity index (χ3v) is 3.61. The lowest BCUT2D eigenvalue weighted by Gasteiger charge is -2.29. The van der Waals surface area contributed by atoms with Crippen molar-refractivity contribution in [3.63, 3.8) is 0 Å². The molecule has 0 bridgehead atoms. The first-order valence-electron chi connectivity index (χ1n) is 6.57. The highest BCUT2D eigenvalue weighted by molar-refractivity contribution is 4.82. The van der Waals surface area contributed by atoms with Crippen LogP contribution in [-0.2, 0) is 0 Å². The molecule has 0 heterocycles. The molecule has 1 saturated carbocycles. The minimum atomic E-state index is -0.188. The van der Waals surface area contributed by atoms with Gasteiger partial charge in [-0.25, -0.2) is 0 Å². The van der Waals surface area contributed by atoms with Gasteiger partial charge < -0.3 is 15.5 Å². The van der Waals surface area contributed by atoms with Crippen LogP contribution >= 0.6 is 0 Å². The zero-order valence-electron chi connectivity index (χ0n) is 10.7. The molecule has 1 fully saturated rings. The maximum atomic E-state index is 9.96. The van der Waals surface area contributed by atoms with Crippen molar-refractivity contribution >= 4 is 0 Å². The van der Waals surface area contributed by atoms with Crippen molar-refractivity contribution in [2.75, 3.05) is 13.2 Å². The zero-order valence-corrected chi connectivity index (χ0v) is 10.7. The number of hydrogen-bond acceptors (Lipinski definition) is 3. The van der Waals surface area contributed by atoms with Gasteiger partial charge >= 0.3 is 0 Å². The second kappa shape index (κ2) is 6.58. The van der Waals surface area contributed by atoms with E-state index < -0.39 is 0 Å². The van der Waals surface area contributed by atoms with Gasteiger partial charge in [-0.05, 0) is 24.7 Å². The van der Waals surface area contributed by atoms with Gasteiger partial charge in [-0.15, -0.1) is 0 Å². The Morgan fingerprint density at radius 2 is 1.88 bits per heavy atom. The standard InChI is InChI=1S/C13H27NO2/c1-13(2,8-9-15)10-14-11-6-4-3-5-7-12(11)16/h11-12,14-16H,3-10H2,1-2H3. The summed E-state index contributed by atoms with van der Waals surface area (Å²) in [4.78, 5) is 0. The first-order valence-corrected chi connectivity index (χ1v) is 6.57. The van der Waals surface area contributed by atoms with Gasteiger partial charge in [-0.1, -0.05) is 33.1 Å². The summed E-state index contributed by atoms with van der Waals surface area (Å²) in [6.07, 6.45) is 6.24. The van der Waals surface area contributed by atoms with E-state index >= 15 is 0 Å². The van der Waals surface area contributed by atoms with Crippen LogP contribution in [0.4, 0.5) is 0 Å². The minimum absolute atomic E-state index is 0.112. The van der Waals surface area contributed by atoms with E-state index in [0.29, 0.717) is 0 Å². The lowest BCUT2D eigenvalue weighted by atomic mass is 9.89. The summed E-state index contributed by atoms with van der Waals surface area (Å²) < 4.78 is 0. The van der Waals surface area contributed by atoms with Crippen LogP contribution < -0.4 is 5.32 Å². The van der Waals surface area contributed by atoms with Crippen LogP contribution in [0.3, 0.4) is 0 Å². The Balaban J connectivity index is 2.34. The summed E-state index contributed by atoms with van der Waals surface area (Å²) in [5.41, 5.74) is 0.112. The van der Waals surface area contributed by atoms with E-state index in [-0.39, 0.29) is 24.2 Å². The van der Waals surface area contributed by atoms with E-state index in [9.17, 15) is 5.11 Å². The monoisotopic (exact) mass is 229 g/mol. The smallest absolute Gasteiger partial charge is 0.0693 e. The van der Waals surface area contributed by atoms with Gasteiger partial charge in [-0.3, -0.25) is 0 Å². The molecule has 3 N–H and O–H groups in total. The maximum absolute atomic E-state index is 9.96. The minimum Gasteiger partial charge on any atom is -0.396 e. The normalized spacial score (nSPS) is 27.8. The Morgan fingerprint density at radius 3 is 2.56 bits per heavy atom. The molecule has 0 radical (unpaired) electrons. The molecule has 16 heavy (non-hydrogen) atoms. The average Bonchev–Trinajstić information content (AvgIpc) is 2.40. The number of hydrogen-bond donors (Lipinski definition) is 3. The van der Waals surface area contributed by atoms with Crippen molar-refractivity contribution in [3.8, 4) is 0 Å². The molecule has 0 aromatic carbocycles. The Bertz CT molecular complexity index is 194. The van der Waals surface area contributed by atoms with Crippen molar-refractivity contribution in [3.05, 3.63) is 0 Å². The molecule has 3 heteroatoms. The molecule has 1 aliphatic carbocycles. The summed E-state index contributed by atoms with van der Waals surface area (Å²) in [6.45, 7) is 5.41. The van der Waals surface area contributed by atoms with Crippen LogP contribution in [0.15, 0.2) is 0 Å². The van der Waals surface area contributed by atoms with Crippen molar-refractivity contribution in [1.82, 2.24) is 5.32 Å². The quantitative estimate of drug-likeness (QED) is 0.629. The highest BCUT2D eigenvalue weighted by atomic mass is 16.3. The van der Waals surface area contributed by atoms with E-state index in [1.165, 1.54) is 12.8 Å². The number of aliphatic hydroxyl groups is 2. The average molecular weight is 229 g/mol. The zero-order chi connectivity index (χ0) is 12.0. The summed E-state index contributed by atoms with van der Waals surface area (Å²) in [5, 5.41) is 22.4. The van der Waals surface area contributed by atoms with E-state index in [1.54, 1.807) is 0 Å². The fourth-order valence-corrected chi connectivity index (χ4v) is 2.32. The lowest BCUT2D eigenvalue weighted by molar-refractivity contribution is 0.110. The van der Waals surface area contributed by atoms with Gasteiger partial charge in [0.05, 0.1) is 6.10 Å². The van der Waals surface area contributed by atoms with Gasteiger partial charge in [0.2, 0.25) is 0 Å². The predicted octanol–water partition coefficient (Wildman–Crippen LogP) is 1.68. The number of aliphatic hydroxyl groups excluding tert-OH is 2. The van der Waals surface area contributed by atoms with Gasteiger partial charge in [0.15, 0.2) is 0 Å². The highest BCUT2D eigenvalue weighted by Crippen LogP contribution is 2.22. The molecule has 0 saturated heterocycles. The largest absolute Gasteiger partial charge is 0.396 e. The summed E-state index contributed by atoms with van der Waals surface area (Å²) >= 11 is 0. The number of nitrogens with one attached hydrogen (secondary N) is 1. The highest BCUT2D eigenvalue weighted by Gasteiger charge is 2.24. The second-order valence-corrected chi connectivity index (χ2v) is 5.83. The molecule has 2 unspecified atom stereocenters. The van der Waals surface area contributed by atoms with E-state index in [4.69, 9.17) is 5.11 Å². The predicted molar refractivity (Wildman–Crippen MR) is 66.4 cm³/mol. The number of rotatable bonds is 5. The molecule has 3 nitrogen and oxygen atoms in total. The van der Waals surface area contributed by atoms with Crippen LogP contribution in [0, 0.1) is 5.41 Å². The Morgan fingerprint density at radius 1 is 1.19 bits per heavy atom. The fourth-order valence-electron chi connectivity index (χ4n) is 2.32. The molecule has 0 spiro atoms. The van der Waals surface area contributed by atoms with Crippen LogP contribution in [0.25, 0.3) is 0 Å². The molecule has 1 aliphatic rings. The van der Waals surface area contributed by atoms with Gasteiger partial charge in [0.25, 0.3) is 0 Å². The molecule has 1 rings (SSSR count). The molecular formula is C13H27NO2. The maximum Gasteiger partial charge on any atom is 0.0693 e. The van der Waals surface area contributed by atoms with Crippen LogP contribution in [0.5, 0.6) is 0 Å². The molecule has 96 valence electrons. The Hall–Kier alpha value is -0.120. The molecule has 0 aromatic rings. The third kappa shape index (κ3) is 4.81. The molecule has 0 amide bonds. The fraction of sp³-hybridized carbons (Fsp3) is 1.00. The Labute approximate surface area is 99.3 Å². The van der Waals surface area contributed by atoms with Crippen molar-refractivity contribution in [1.29, 1.82) is 0 Å².